The molecule has 0 bridgehead atoms. The molecule has 0 fully saturated rings. The van der Waals surface area contributed by atoms with Gasteiger partial charge in [0.1, 0.15) is 0 Å². The number of thiophene rings is 1. The lowest BCUT2D eigenvalue weighted by Crippen LogP contribution is -1.93. The Labute approximate surface area is 272 Å². The number of aryl methyl sites for hydroxylation is 2. The minimum Gasteiger partial charge on any atom is -0.308 e. The molecule has 2 heteroatoms. The predicted octanol–water partition coefficient (Wildman–Crippen LogP) is 12.8. The van der Waals surface area contributed by atoms with Crippen LogP contribution in [0.2, 0.25) is 0 Å². The molecule has 0 saturated carbocycles. The second kappa shape index (κ2) is 10.6. The van der Waals surface area contributed by atoms with Crippen molar-refractivity contribution in [2.45, 2.75) is 13.8 Å². The molecule has 0 aliphatic heterocycles. The van der Waals surface area contributed by atoms with Gasteiger partial charge >= 0.3 is 0 Å². The normalized spacial score (nSPS) is 11.7. The van der Waals surface area contributed by atoms with Gasteiger partial charge in [0.05, 0.1) is 21.4 Å². The lowest BCUT2D eigenvalue weighted by Gasteiger charge is -2.10. The Kier molecular flexibility index (Phi) is 6.19. The maximum Gasteiger partial charge on any atom is 0.0640 e. The van der Waals surface area contributed by atoms with Crippen molar-refractivity contribution < 1.29 is 0 Å². The molecular formula is C44H31NS. The Morgan fingerprint density at radius 3 is 1.54 bits per heavy atom. The average Bonchev–Trinajstić information content (AvgIpc) is 3.64. The molecule has 0 amide bonds. The summed E-state index contributed by atoms with van der Waals surface area (Å²) in [5.41, 5.74) is 13.8. The van der Waals surface area contributed by atoms with Crippen molar-refractivity contribution in [2.24, 2.45) is 0 Å². The molecule has 2 heterocycles. The van der Waals surface area contributed by atoms with Crippen molar-refractivity contribution in [1.82, 2.24) is 4.57 Å². The number of aromatic nitrogens is 1. The van der Waals surface area contributed by atoms with Gasteiger partial charge in [-0.15, -0.1) is 11.3 Å². The summed E-state index contributed by atoms with van der Waals surface area (Å²) in [6.07, 6.45) is 0. The molecule has 2 aromatic heterocycles. The van der Waals surface area contributed by atoms with Crippen LogP contribution >= 0.6 is 11.3 Å². The second-order valence-corrected chi connectivity index (χ2v) is 13.4. The first-order chi connectivity index (χ1) is 22.6. The van der Waals surface area contributed by atoms with Gasteiger partial charge in [0.2, 0.25) is 0 Å². The Morgan fingerprint density at radius 1 is 0.391 bits per heavy atom. The van der Waals surface area contributed by atoms with Crippen LogP contribution in [0.4, 0.5) is 0 Å². The molecule has 0 aliphatic rings. The fraction of sp³-hybridized carbons (Fsp3) is 0.0455. The van der Waals surface area contributed by atoms with Gasteiger partial charge in [-0.2, -0.15) is 0 Å². The van der Waals surface area contributed by atoms with E-state index in [1.54, 1.807) is 0 Å². The zero-order chi connectivity index (χ0) is 30.8. The molecule has 0 N–H and O–H groups in total. The van der Waals surface area contributed by atoms with E-state index in [1.807, 2.05) is 11.3 Å². The third kappa shape index (κ3) is 4.37. The fourth-order valence-electron chi connectivity index (χ4n) is 7.22. The molecule has 218 valence electrons. The first-order valence-electron chi connectivity index (χ1n) is 15.8. The summed E-state index contributed by atoms with van der Waals surface area (Å²) in [6, 6.07) is 55.9. The minimum absolute atomic E-state index is 1.23. The quantitative estimate of drug-likeness (QED) is 0.188. The van der Waals surface area contributed by atoms with Crippen LogP contribution < -0.4 is 0 Å². The van der Waals surface area contributed by atoms with Crippen LogP contribution in [-0.4, -0.2) is 4.57 Å². The molecule has 0 radical (unpaired) electrons. The SMILES string of the molecule is Cc1cc(C)cc(-c2cccc(-c3cccc(-c4ccc5sc6c(-n7c8ccccc8c8ccccc87)cccc6c5c4)c3)c2)c1. The molecule has 46 heavy (non-hydrogen) atoms. The van der Waals surface area contributed by atoms with Crippen LogP contribution in [0.5, 0.6) is 0 Å². The summed E-state index contributed by atoms with van der Waals surface area (Å²) < 4.78 is 5.07. The highest BCUT2D eigenvalue weighted by atomic mass is 32.1. The van der Waals surface area contributed by atoms with E-state index in [0.717, 1.165) is 0 Å². The van der Waals surface area contributed by atoms with Gasteiger partial charge in [-0.3, -0.25) is 0 Å². The average molecular weight is 606 g/mol. The van der Waals surface area contributed by atoms with Crippen LogP contribution in [0.15, 0.2) is 152 Å². The van der Waals surface area contributed by atoms with Gasteiger partial charge in [0.15, 0.2) is 0 Å². The molecular weight excluding hydrogens is 575 g/mol. The highest BCUT2D eigenvalue weighted by molar-refractivity contribution is 7.26. The number of fused-ring (bicyclic) bond motifs is 6. The predicted molar refractivity (Wildman–Crippen MR) is 199 cm³/mol. The molecule has 7 aromatic carbocycles. The van der Waals surface area contributed by atoms with E-state index >= 15 is 0 Å². The molecule has 1 nitrogen and oxygen atoms in total. The fourth-order valence-corrected chi connectivity index (χ4v) is 8.41. The van der Waals surface area contributed by atoms with E-state index in [1.165, 1.54) is 92.2 Å². The number of hydrogen-bond donors (Lipinski definition) is 0. The molecule has 9 aromatic rings. The summed E-state index contributed by atoms with van der Waals surface area (Å²) in [4.78, 5) is 0. The third-order valence-electron chi connectivity index (χ3n) is 9.24. The van der Waals surface area contributed by atoms with Crippen LogP contribution in [0, 0.1) is 13.8 Å². The third-order valence-corrected chi connectivity index (χ3v) is 10.5. The summed E-state index contributed by atoms with van der Waals surface area (Å²) >= 11 is 1.89. The van der Waals surface area contributed by atoms with Crippen molar-refractivity contribution in [3.63, 3.8) is 0 Å². The first-order valence-corrected chi connectivity index (χ1v) is 16.7. The van der Waals surface area contributed by atoms with Crippen LogP contribution in [-0.2, 0) is 0 Å². The summed E-state index contributed by atoms with van der Waals surface area (Å²) in [5.74, 6) is 0. The molecule has 0 unspecified atom stereocenters. The number of rotatable bonds is 4. The molecule has 0 saturated heterocycles. The van der Waals surface area contributed by atoms with Gasteiger partial charge < -0.3 is 4.57 Å². The monoisotopic (exact) mass is 605 g/mol. The maximum absolute atomic E-state index is 2.44. The van der Waals surface area contributed by atoms with Crippen molar-refractivity contribution in [2.75, 3.05) is 0 Å². The first kappa shape index (κ1) is 26.9. The van der Waals surface area contributed by atoms with E-state index < -0.39 is 0 Å². The summed E-state index contributed by atoms with van der Waals surface area (Å²) in [6.45, 7) is 4.34. The standard InChI is InChI=1S/C44H31NS/c1-28-22-29(2)24-35(23-28)33-13-8-11-31(26-33)30-10-7-12-32(25-30)34-20-21-43-39(27-34)38-16-9-19-42(44(38)46-43)45-40-17-5-3-14-36(40)37-15-4-6-18-41(37)45/h3-27H,1-2H3. The van der Waals surface area contributed by atoms with Gasteiger partial charge in [0, 0.05) is 26.2 Å². The second-order valence-electron chi connectivity index (χ2n) is 12.4. The molecule has 0 aliphatic carbocycles. The highest BCUT2D eigenvalue weighted by Crippen LogP contribution is 2.42. The lowest BCUT2D eigenvalue weighted by atomic mass is 9.95. The summed E-state index contributed by atoms with van der Waals surface area (Å²) in [7, 11) is 0. The lowest BCUT2D eigenvalue weighted by molar-refractivity contribution is 1.20. The van der Waals surface area contributed by atoms with Crippen LogP contribution in [0.3, 0.4) is 0 Å². The van der Waals surface area contributed by atoms with Gasteiger partial charge in [-0.25, -0.2) is 0 Å². The van der Waals surface area contributed by atoms with E-state index in [0.29, 0.717) is 0 Å². The van der Waals surface area contributed by atoms with Crippen molar-refractivity contribution in [1.29, 1.82) is 0 Å². The van der Waals surface area contributed by atoms with Gasteiger partial charge in [-0.1, -0.05) is 120 Å². The Morgan fingerprint density at radius 2 is 0.913 bits per heavy atom. The van der Waals surface area contributed by atoms with Crippen LogP contribution in [0.1, 0.15) is 11.1 Å². The number of hydrogen-bond acceptors (Lipinski definition) is 1. The maximum atomic E-state index is 2.44. The van der Waals surface area contributed by atoms with E-state index in [4.69, 9.17) is 0 Å². The molecule has 0 atom stereocenters. The minimum atomic E-state index is 1.23. The topological polar surface area (TPSA) is 4.93 Å². The highest BCUT2D eigenvalue weighted by Gasteiger charge is 2.16. The van der Waals surface area contributed by atoms with E-state index in [9.17, 15) is 0 Å². The summed E-state index contributed by atoms with van der Waals surface area (Å²) in [5, 5.41) is 5.19. The number of nitrogens with zero attached hydrogens (tertiary/aromatic N) is 1. The number of benzene rings is 7. The van der Waals surface area contributed by atoms with Crippen molar-refractivity contribution in [3.8, 4) is 39.1 Å². The van der Waals surface area contributed by atoms with Crippen molar-refractivity contribution >= 4 is 53.3 Å². The largest absolute Gasteiger partial charge is 0.308 e. The molecule has 0 spiro atoms. The van der Waals surface area contributed by atoms with Crippen molar-refractivity contribution in [3.05, 3.63) is 163 Å². The smallest absolute Gasteiger partial charge is 0.0640 e. The zero-order valence-corrected chi connectivity index (χ0v) is 26.6. The van der Waals surface area contributed by atoms with E-state index in [2.05, 4.69) is 170 Å². The Bertz CT molecular complexity index is 2540. The Balaban J connectivity index is 1.15. The van der Waals surface area contributed by atoms with Crippen LogP contribution in [0.25, 0.3) is 81.0 Å². The zero-order valence-electron chi connectivity index (χ0n) is 25.8. The van der Waals surface area contributed by atoms with E-state index in [-0.39, 0.29) is 0 Å². The molecule has 9 rings (SSSR count). The van der Waals surface area contributed by atoms with Gasteiger partial charge in [0.25, 0.3) is 0 Å². The Hall–Kier alpha value is -5.44. The number of para-hydroxylation sites is 2. The van der Waals surface area contributed by atoms with Gasteiger partial charge in [-0.05, 0) is 89.7 Å².